The summed E-state index contributed by atoms with van der Waals surface area (Å²) in [7, 11) is -3.73. The third kappa shape index (κ3) is 6.24. The van der Waals surface area contributed by atoms with Gasteiger partial charge in [-0.05, 0) is 5.92 Å². The molecule has 0 rings (SSSR count). The first-order valence-corrected chi connectivity index (χ1v) is 5.33. The van der Waals surface area contributed by atoms with E-state index in [1.54, 1.807) is 0 Å². The molecular formula is C6H14FO2P. The second kappa shape index (κ2) is 4.09. The van der Waals surface area contributed by atoms with Gasteiger partial charge in [-0.2, -0.15) is 4.20 Å². The first-order chi connectivity index (χ1) is 4.45. The van der Waals surface area contributed by atoms with Crippen LogP contribution in [0.25, 0.3) is 0 Å². The van der Waals surface area contributed by atoms with Crippen molar-refractivity contribution in [3.05, 3.63) is 0 Å². The molecule has 2 unspecified atom stereocenters. The van der Waals surface area contributed by atoms with Gasteiger partial charge in [0.1, 0.15) is 0 Å². The smallest absolute Gasteiger partial charge is 0.305 e. The predicted molar refractivity (Wildman–Crippen MR) is 40.0 cm³/mol. The highest BCUT2D eigenvalue weighted by Gasteiger charge is 2.13. The monoisotopic (exact) mass is 168 g/mol. The van der Waals surface area contributed by atoms with Crippen LogP contribution in [0, 0.1) is 5.92 Å². The normalized spacial score (nSPS) is 20.0. The molecule has 0 spiro atoms. The van der Waals surface area contributed by atoms with Crippen molar-refractivity contribution in [1.82, 2.24) is 0 Å². The largest absolute Gasteiger partial charge is 0.364 e. The van der Waals surface area contributed by atoms with E-state index in [1.807, 2.05) is 13.8 Å². The lowest BCUT2D eigenvalue weighted by Crippen LogP contribution is -2.01. The average molecular weight is 168 g/mol. The molecule has 62 valence electrons. The third-order valence-electron chi connectivity index (χ3n) is 1.29. The van der Waals surface area contributed by atoms with Crippen molar-refractivity contribution in [2.75, 3.05) is 13.3 Å². The first kappa shape index (κ1) is 10.1. The second-order valence-electron chi connectivity index (χ2n) is 2.56. The molecule has 4 heteroatoms. The lowest BCUT2D eigenvalue weighted by atomic mass is 10.1. The summed E-state index contributed by atoms with van der Waals surface area (Å²) in [6.45, 7) is 5.14. The van der Waals surface area contributed by atoms with E-state index in [0.29, 0.717) is 0 Å². The molecule has 0 aliphatic rings. The molecule has 0 saturated carbocycles. The first-order valence-electron chi connectivity index (χ1n) is 3.37. The minimum absolute atomic E-state index is 0.251. The standard InChI is InChI=1S/C6H14FO2P/c1-4-6(2)5-9-10(3,7)8/h6H,4-5H2,1-3H3. The van der Waals surface area contributed by atoms with Crippen molar-refractivity contribution in [1.29, 1.82) is 0 Å². The SMILES string of the molecule is CCC(C)COP(C)(=O)F. The summed E-state index contributed by atoms with van der Waals surface area (Å²) < 4.78 is 27.0. The molecule has 0 aromatic carbocycles. The van der Waals surface area contributed by atoms with E-state index >= 15 is 0 Å². The number of halogens is 1. The lowest BCUT2D eigenvalue weighted by Gasteiger charge is -2.09. The van der Waals surface area contributed by atoms with Crippen LogP contribution in [-0.2, 0) is 9.09 Å². The van der Waals surface area contributed by atoms with E-state index < -0.39 is 7.68 Å². The molecule has 0 amide bonds. The quantitative estimate of drug-likeness (QED) is 0.603. The van der Waals surface area contributed by atoms with Gasteiger partial charge >= 0.3 is 7.68 Å². The zero-order chi connectivity index (χ0) is 8.20. The molecule has 0 heterocycles. The molecule has 2 atom stereocenters. The summed E-state index contributed by atoms with van der Waals surface area (Å²) in [5.74, 6) is 0.282. The summed E-state index contributed by atoms with van der Waals surface area (Å²) >= 11 is 0. The van der Waals surface area contributed by atoms with Gasteiger partial charge in [0.25, 0.3) is 0 Å². The van der Waals surface area contributed by atoms with Crippen molar-refractivity contribution >= 4 is 7.68 Å². The van der Waals surface area contributed by atoms with Gasteiger partial charge in [0.2, 0.25) is 0 Å². The Morgan fingerprint density at radius 3 is 2.50 bits per heavy atom. The Bertz CT molecular complexity index is 132. The van der Waals surface area contributed by atoms with Gasteiger partial charge in [-0.3, -0.25) is 4.57 Å². The lowest BCUT2D eigenvalue weighted by molar-refractivity contribution is 0.241. The van der Waals surface area contributed by atoms with Crippen LogP contribution >= 0.6 is 7.68 Å². The maximum absolute atomic E-state index is 12.2. The van der Waals surface area contributed by atoms with Crippen molar-refractivity contribution in [3.63, 3.8) is 0 Å². The van der Waals surface area contributed by atoms with Crippen LogP contribution in [0.15, 0.2) is 0 Å². The molecule has 0 bridgehead atoms. The highest BCUT2D eigenvalue weighted by atomic mass is 31.2. The van der Waals surface area contributed by atoms with Crippen LogP contribution in [0.5, 0.6) is 0 Å². The zero-order valence-corrected chi connectivity index (χ0v) is 7.53. The third-order valence-corrected chi connectivity index (χ3v) is 1.90. The fraction of sp³-hybridized carbons (Fsp3) is 1.00. The van der Waals surface area contributed by atoms with Crippen molar-refractivity contribution in [3.8, 4) is 0 Å². The van der Waals surface area contributed by atoms with Crippen molar-refractivity contribution in [2.45, 2.75) is 20.3 Å². The molecular weight excluding hydrogens is 154 g/mol. The van der Waals surface area contributed by atoms with Crippen LogP contribution in [0.2, 0.25) is 0 Å². The molecule has 0 fully saturated rings. The zero-order valence-electron chi connectivity index (χ0n) is 6.63. The fourth-order valence-corrected chi connectivity index (χ4v) is 0.899. The highest BCUT2D eigenvalue weighted by molar-refractivity contribution is 7.52. The van der Waals surface area contributed by atoms with E-state index in [9.17, 15) is 8.76 Å². The fourth-order valence-electron chi connectivity index (χ4n) is 0.378. The maximum Gasteiger partial charge on any atom is 0.364 e. The van der Waals surface area contributed by atoms with E-state index in [2.05, 4.69) is 4.52 Å². The van der Waals surface area contributed by atoms with Crippen LogP contribution in [0.3, 0.4) is 0 Å². The average Bonchev–Trinajstić information content (AvgIpc) is 1.81. The van der Waals surface area contributed by atoms with E-state index in [4.69, 9.17) is 0 Å². The highest BCUT2D eigenvalue weighted by Crippen LogP contribution is 2.44. The summed E-state index contributed by atoms with van der Waals surface area (Å²) in [5, 5.41) is 0. The van der Waals surface area contributed by atoms with Gasteiger partial charge in [0.15, 0.2) is 0 Å². The van der Waals surface area contributed by atoms with Gasteiger partial charge in [-0.15, -0.1) is 0 Å². The number of hydrogen-bond acceptors (Lipinski definition) is 2. The van der Waals surface area contributed by atoms with Crippen molar-refractivity contribution < 1.29 is 13.3 Å². The van der Waals surface area contributed by atoms with Gasteiger partial charge in [-0.25, -0.2) is 0 Å². The van der Waals surface area contributed by atoms with Crippen LogP contribution in [0.4, 0.5) is 4.20 Å². The molecule has 0 aromatic rings. The molecule has 0 aromatic heterocycles. The Morgan fingerprint density at radius 1 is 1.70 bits per heavy atom. The molecule has 0 radical (unpaired) electrons. The minimum Gasteiger partial charge on any atom is -0.305 e. The molecule has 2 nitrogen and oxygen atoms in total. The predicted octanol–water partition coefficient (Wildman–Crippen LogP) is 2.84. The van der Waals surface area contributed by atoms with Gasteiger partial charge < -0.3 is 4.52 Å². The van der Waals surface area contributed by atoms with Gasteiger partial charge in [-0.1, -0.05) is 20.3 Å². The molecule has 0 aliphatic carbocycles. The summed E-state index contributed by atoms with van der Waals surface area (Å²) in [6, 6.07) is 0. The number of rotatable bonds is 4. The van der Waals surface area contributed by atoms with Crippen LogP contribution < -0.4 is 0 Å². The second-order valence-corrected chi connectivity index (χ2v) is 4.31. The van der Waals surface area contributed by atoms with Crippen LogP contribution in [0.1, 0.15) is 20.3 Å². The summed E-state index contributed by atoms with van der Waals surface area (Å²) in [4.78, 5) is 0. The Balaban J connectivity index is 3.46. The Labute approximate surface area is 61.3 Å². The van der Waals surface area contributed by atoms with Gasteiger partial charge in [0, 0.05) is 6.66 Å². The minimum atomic E-state index is -3.73. The molecule has 0 aliphatic heterocycles. The van der Waals surface area contributed by atoms with E-state index in [0.717, 1.165) is 13.1 Å². The van der Waals surface area contributed by atoms with E-state index in [-0.39, 0.29) is 12.5 Å². The Kier molecular flexibility index (Phi) is 4.14. The molecule has 0 N–H and O–H groups in total. The van der Waals surface area contributed by atoms with Gasteiger partial charge in [0.05, 0.1) is 6.61 Å². The summed E-state index contributed by atoms with van der Waals surface area (Å²) in [6.07, 6.45) is 0.917. The maximum atomic E-state index is 12.2. The topological polar surface area (TPSA) is 26.3 Å². The molecule has 0 saturated heterocycles. The van der Waals surface area contributed by atoms with Crippen LogP contribution in [-0.4, -0.2) is 13.3 Å². The Hall–Kier alpha value is 0.120. The number of hydrogen-bond donors (Lipinski definition) is 0. The molecule has 10 heavy (non-hydrogen) atoms. The van der Waals surface area contributed by atoms with Crippen molar-refractivity contribution in [2.24, 2.45) is 5.92 Å². The Morgan fingerprint density at radius 2 is 2.20 bits per heavy atom. The van der Waals surface area contributed by atoms with E-state index in [1.165, 1.54) is 0 Å². The summed E-state index contributed by atoms with van der Waals surface area (Å²) in [5.41, 5.74) is 0.